The lowest BCUT2D eigenvalue weighted by molar-refractivity contribution is 0.101. The Morgan fingerprint density at radius 1 is 1.10 bits per heavy atom. The van der Waals surface area contributed by atoms with Gasteiger partial charge in [0, 0.05) is 17.8 Å². The fourth-order valence-electron chi connectivity index (χ4n) is 1.69. The van der Waals surface area contributed by atoms with Crippen molar-refractivity contribution >= 4 is 11.6 Å². The van der Waals surface area contributed by atoms with Crippen molar-refractivity contribution in [1.82, 2.24) is 0 Å². The zero-order valence-electron chi connectivity index (χ0n) is 10.4. The molecule has 0 aromatic heterocycles. The van der Waals surface area contributed by atoms with Crippen LogP contribution in [-0.4, -0.2) is 11.0 Å². The molecule has 0 saturated carbocycles. The second-order valence-electron chi connectivity index (χ2n) is 4.20. The van der Waals surface area contributed by atoms with E-state index in [1.54, 1.807) is 6.92 Å². The number of carbonyl (C=O) groups excluding carboxylic acids is 1. The van der Waals surface area contributed by atoms with E-state index in [-0.39, 0.29) is 11.4 Å². The first kappa shape index (κ1) is 13.9. The van der Waals surface area contributed by atoms with Gasteiger partial charge in [0.15, 0.2) is 0 Å². The quantitative estimate of drug-likeness (QED) is 0.829. The molecule has 0 spiro atoms. The maximum Gasteiger partial charge on any atom is 0.261 e. The number of amides is 1. The zero-order chi connectivity index (χ0) is 14.9. The molecule has 2 aromatic carbocycles. The average Bonchev–Trinajstić information content (AvgIpc) is 2.32. The molecule has 2 aromatic rings. The molecule has 104 valence electrons. The van der Waals surface area contributed by atoms with E-state index in [0.717, 1.165) is 0 Å². The lowest BCUT2D eigenvalue weighted by Crippen LogP contribution is -2.16. The maximum atomic E-state index is 13.4. The van der Waals surface area contributed by atoms with Gasteiger partial charge in [-0.25, -0.2) is 13.2 Å². The highest BCUT2D eigenvalue weighted by atomic mass is 19.1. The van der Waals surface area contributed by atoms with Crippen molar-refractivity contribution in [3.8, 4) is 5.75 Å². The fraction of sp³-hybridized carbons (Fsp3) is 0.0714. The topological polar surface area (TPSA) is 49.3 Å². The average molecular weight is 281 g/mol. The van der Waals surface area contributed by atoms with Crippen molar-refractivity contribution < 1.29 is 23.1 Å². The summed E-state index contributed by atoms with van der Waals surface area (Å²) in [6.45, 7) is 1.60. The summed E-state index contributed by atoms with van der Waals surface area (Å²) in [5, 5.41) is 11.6. The molecule has 0 aliphatic rings. The first-order valence-corrected chi connectivity index (χ1v) is 5.64. The number of anilines is 1. The number of aromatic hydroxyl groups is 1. The Morgan fingerprint density at radius 2 is 1.70 bits per heavy atom. The second kappa shape index (κ2) is 5.24. The summed E-state index contributed by atoms with van der Waals surface area (Å²) in [7, 11) is 0. The Balaban J connectivity index is 2.31. The molecule has 2 rings (SSSR count). The number of aryl methyl sites for hydroxylation is 1. The van der Waals surface area contributed by atoms with Gasteiger partial charge < -0.3 is 10.4 Å². The van der Waals surface area contributed by atoms with Gasteiger partial charge in [0.25, 0.3) is 5.91 Å². The van der Waals surface area contributed by atoms with E-state index in [1.807, 2.05) is 0 Å². The number of halogens is 3. The van der Waals surface area contributed by atoms with E-state index in [0.29, 0.717) is 17.7 Å². The molecule has 0 atom stereocenters. The van der Waals surface area contributed by atoms with Crippen LogP contribution in [-0.2, 0) is 0 Å². The van der Waals surface area contributed by atoms with Crippen LogP contribution in [0.2, 0.25) is 0 Å². The lowest BCUT2D eigenvalue weighted by atomic mass is 10.1. The second-order valence-corrected chi connectivity index (χ2v) is 4.20. The SMILES string of the molecule is Cc1cc(NC(=O)c2c(F)cc(F)cc2F)ccc1O. The third kappa shape index (κ3) is 2.74. The van der Waals surface area contributed by atoms with Crippen molar-refractivity contribution in [3.05, 3.63) is 58.9 Å². The summed E-state index contributed by atoms with van der Waals surface area (Å²) in [6.07, 6.45) is 0. The van der Waals surface area contributed by atoms with Crippen LogP contribution in [0.3, 0.4) is 0 Å². The number of phenols is 1. The Morgan fingerprint density at radius 3 is 2.25 bits per heavy atom. The van der Waals surface area contributed by atoms with Crippen LogP contribution in [0.1, 0.15) is 15.9 Å². The highest BCUT2D eigenvalue weighted by Gasteiger charge is 2.19. The summed E-state index contributed by atoms with van der Waals surface area (Å²) < 4.78 is 39.6. The molecule has 0 bridgehead atoms. The minimum atomic E-state index is -1.28. The standard InChI is InChI=1S/C14H10F3NO2/c1-7-4-9(2-3-12(7)19)18-14(20)13-10(16)5-8(15)6-11(13)17/h2-6,19H,1H3,(H,18,20). The van der Waals surface area contributed by atoms with E-state index < -0.39 is 28.9 Å². The van der Waals surface area contributed by atoms with Crippen molar-refractivity contribution in [2.75, 3.05) is 5.32 Å². The van der Waals surface area contributed by atoms with Gasteiger partial charge in [0.1, 0.15) is 28.8 Å². The summed E-state index contributed by atoms with van der Waals surface area (Å²) in [5.41, 5.74) is -0.117. The lowest BCUT2D eigenvalue weighted by Gasteiger charge is -2.08. The van der Waals surface area contributed by atoms with Crippen molar-refractivity contribution in [3.63, 3.8) is 0 Å². The third-order valence-electron chi connectivity index (χ3n) is 2.69. The Hall–Kier alpha value is -2.50. The highest BCUT2D eigenvalue weighted by molar-refractivity contribution is 6.04. The van der Waals surface area contributed by atoms with Crippen LogP contribution >= 0.6 is 0 Å². The van der Waals surface area contributed by atoms with Gasteiger partial charge in [-0.3, -0.25) is 4.79 Å². The summed E-state index contributed by atoms with van der Waals surface area (Å²) in [5.74, 6) is -4.67. The first-order chi connectivity index (χ1) is 9.38. The van der Waals surface area contributed by atoms with E-state index in [2.05, 4.69) is 5.32 Å². The largest absolute Gasteiger partial charge is 0.508 e. The molecule has 1 amide bonds. The van der Waals surface area contributed by atoms with E-state index >= 15 is 0 Å². The molecule has 6 heteroatoms. The number of carbonyl (C=O) groups is 1. The van der Waals surface area contributed by atoms with Crippen molar-refractivity contribution in [1.29, 1.82) is 0 Å². The molecule has 0 heterocycles. The molecular weight excluding hydrogens is 271 g/mol. The fourth-order valence-corrected chi connectivity index (χ4v) is 1.69. The van der Waals surface area contributed by atoms with E-state index in [9.17, 15) is 23.1 Å². The molecule has 0 aliphatic carbocycles. The monoisotopic (exact) mass is 281 g/mol. The van der Waals surface area contributed by atoms with Gasteiger partial charge in [-0.15, -0.1) is 0 Å². The number of benzene rings is 2. The third-order valence-corrected chi connectivity index (χ3v) is 2.69. The molecule has 0 fully saturated rings. The molecule has 20 heavy (non-hydrogen) atoms. The molecule has 2 N–H and O–H groups in total. The molecule has 0 aliphatic heterocycles. The Labute approximate surface area is 112 Å². The zero-order valence-corrected chi connectivity index (χ0v) is 10.4. The molecule has 0 unspecified atom stereocenters. The number of rotatable bonds is 2. The Kier molecular flexibility index (Phi) is 3.65. The van der Waals surface area contributed by atoms with Crippen molar-refractivity contribution in [2.45, 2.75) is 6.92 Å². The summed E-state index contributed by atoms with van der Waals surface area (Å²) in [4.78, 5) is 11.8. The minimum absolute atomic E-state index is 0.0298. The highest BCUT2D eigenvalue weighted by Crippen LogP contribution is 2.22. The summed E-state index contributed by atoms with van der Waals surface area (Å²) >= 11 is 0. The van der Waals surface area contributed by atoms with Crippen LogP contribution in [0, 0.1) is 24.4 Å². The van der Waals surface area contributed by atoms with Gasteiger partial charge in [-0.2, -0.15) is 0 Å². The number of hydrogen-bond donors (Lipinski definition) is 2. The molecule has 0 radical (unpaired) electrons. The normalized spacial score (nSPS) is 10.4. The van der Waals surface area contributed by atoms with E-state index in [1.165, 1.54) is 18.2 Å². The van der Waals surface area contributed by atoms with Crippen LogP contribution in [0.5, 0.6) is 5.75 Å². The molecular formula is C14H10F3NO2. The minimum Gasteiger partial charge on any atom is -0.508 e. The first-order valence-electron chi connectivity index (χ1n) is 5.64. The van der Waals surface area contributed by atoms with Crippen molar-refractivity contribution in [2.24, 2.45) is 0 Å². The predicted molar refractivity (Wildman–Crippen MR) is 67.1 cm³/mol. The van der Waals surface area contributed by atoms with Gasteiger partial charge in [0.05, 0.1) is 0 Å². The summed E-state index contributed by atoms with van der Waals surface area (Å²) in [6, 6.07) is 5.01. The van der Waals surface area contributed by atoms with Gasteiger partial charge in [-0.05, 0) is 30.7 Å². The van der Waals surface area contributed by atoms with Crippen LogP contribution in [0.15, 0.2) is 30.3 Å². The molecule has 3 nitrogen and oxygen atoms in total. The van der Waals surface area contributed by atoms with Gasteiger partial charge >= 0.3 is 0 Å². The predicted octanol–water partition coefficient (Wildman–Crippen LogP) is 3.37. The number of nitrogens with one attached hydrogen (secondary N) is 1. The number of hydrogen-bond acceptors (Lipinski definition) is 2. The van der Waals surface area contributed by atoms with Crippen LogP contribution in [0.4, 0.5) is 18.9 Å². The van der Waals surface area contributed by atoms with Crippen LogP contribution in [0.25, 0.3) is 0 Å². The van der Waals surface area contributed by atoms with E-state index in [4.69, 9.17) is 0 Å². The number of phenolic OH excluding ortho intramolecular Hbond substituents is 1. The van der Waals surface area contributed by atoms with Gasteiger partial charge in [-0.1, -0.05) is 0 Å². The van der Waals surface area contributed by atoms with Crippen LogP contribution < -0.4 is 5.32 Å². The smallest absolute Gasteiger partial charge is 0.261 e. The van der Waals surface area contributed by atoms with Gasteiger partial charge in [0.2, 0.25) is 0 Å². The molecule has 0 saturated heterocycles. The maximum absolute atomic E-state index is 13.4. The Bertz CT molecular complexity index is 663.